The fourth-order valence-corrected chi connectivity index (χ4v) is 2.20. The number of rotatable bonds is 5. The molecule has 1 atom stereocenters. The number of nitrogens with zero attached hydrogens (tertiary/aromatic N) is 3. The van der Waals surface area contributed by atoms with E-state index >= 15 is 0 Å². The molecule has 12 heteroatoms. The summed E-state index contributed by atoms with van der Waals surface area (Å²) in [5, 5.41) is 9.48. The van der Waals surface area contributed by atoms with Gasteiger partial charge in [0.2, 0.25) is 6.10 Å². The van der Waals surface area contributed by atoms with E-state index in [1.807, 2.05) is 0 Å². The van der Waals surface area contributed by atoms with Gasteiger partial charge < -0.3 is 15.4 Å². The second-order valence-electron chi connectivity index (χ2n) is 5.46. The molecule has 3 N–H and O–H groups in total. The topological polar surface area (TPSA) is 77.0 Å². The summed E-state index contributed by atoms with van der Waals surface area (Å²) in [6.45, 7) is 2.46. The van der Waals surface area contributed by atoms with Crippen LogP contribution in [-0.2, 0) is 6.18 Å². The van der Waals surface area contributed by atoms with E-state index < -0.39 is 42.3 Å². The molecule has 0 unspecified atom stereocenters. The zero-order valence-corrected chi connectivity index (χ0v) is 13.4. The molecular weight excluding hydrogens is 385 g/mol. The summed E-state index contributed by atoms with van der Waals surface area (Å²) in [6.07, 6.45) is -11.6. The van der Waals surface area contributed by atoms with Crippen molar-refractivity contribution in [1.29, 1.82) is 0 Å². The van der Waals surface area contributed by atoms with Crippen molar-refractivity contribution in [1.82, 2.24) is 14.5 Å². The molecule has 148 valence electrons. The van der Waals surface area contributed by atoms with Crippen LogP contribution in [0.5, 0.6) is 0 Å². The molecule has 0 aliphatic carbocycles. The highest BCUT2D eigenvalue weighted by atomic mass is 19.4. The molecule has 0 bridgehead atoms. The second kappa shape index (κ2) is 7.18. The van der Waals surface area contributed by atoms with Gasteiger partial charge in [-0.05, 0) is 6.07 Å². The molecule has 0 spiro atoms. The van der Waals surface area contributed by atoms with Crippen LogP contribution in [0.15, 0.2) is 25.0 Å². The summed E-state index contributed by atoms with van der Waals surface area (Å²) in [5.41, 5.74) is 3.06. The third kappa shape index (κ3) is 4.38. The molecule has 0 amide bonds. The molecule has 0 aromatic carbocycles. The van der Waals surface area contributed by atoms with Gasteiger partial charge in [0.05, 0.1) is 17.9 Å². The van der Waals surface area contributed by atoms with Crippen molar-refractivity contribution < 1.29 is 35.8 Å². The van der Waals surface area contributed by atoms with Crippen molar-refractivity contribution in [3.8, 4) is 11.3 Å². The first-order chi connectivity index (χ1) is 12.4. The van der Waals surface area contributed by atoms with Crippen LogP contribution >= 0.6 is 0 Å². The Morgan fingerprint density at radius 1 is 1.26 bits per heavy atom. The fraction of sp³-hybridized carbons (Fsp3) is 0.333. The highest BCUT2D eigenvalue weighted by molar-refractivity contribution is 5.63. The lowest BCUT2D eigenvalue weighted by Crippen LogP contribution is -2.23. The number of halogens is 7. The Kier molecular flexibility index (Phi) is 5.50. The highest BCUT2D eigenvalue weighted by Gasteiger charge is 2.43. The van der Waals surface area contributed by atoms with Gasteiger partial charge in [-0.1, -0.05) is 6.58 Å². The Balaban J connectivity index is 2.61. The van der Waals surface area contributed by atoms with Gasteiger partial charge in [-0.3, -0.25) is 4.39 Å². The first-order valence-corrected chi connectivity index (χ1v) is 7.27. The van der Waals surface area contributed by atoms with E-state index in [1.54, 1.807) is 0 Å². The lowest BCUT2D eigenvalue weighted by Gasteiger charge is -2.16. The standard InChI is InChI=1S/C15H13F7N4O/c1-7(2-3-16)26-6-10(25-13(26)11(27)15(20,21)22)8-4-9(14(17,18)19)12(23)24-5-8/h4-6,11,27H,1-3H2,(H2,23,24)/t11-/m0/s1. The van der Waals surface area contributed by atoms with Crippen LogP contribution in [0.25, 0.3) is 17.0 Å². The number of aliphatic hydroxyl groups excluding tert-OH is 1. The number of hydrogen-bond acceptors (Lipinski definition) is 4. The third-order valence-electron chi connectivity index (χ3n) is 3.53. The van der Waals surface area contributed by atoms with E-state index in [0.717, 1.165) is 12.4 Å². The fourth-order valence-electron chi connectivity index (χ4n) is 2.20. The summed E-state index contributed by atoms with van der Waals surface area (Å²) >= 11 is 0. The van der Waals surface area contributed by atoms with Crippen LogP contribution in [0.2, 0.25) is 0 Å². The van der Waals surface area contributed by atoms with E-state index in [9.17, 15) is 35.8 Å². The Morgan fingerprint density at radius 3 is 2.41 bits per heavy atom. The van der Waals surface area contributed by atoms with E-state index in [4.69, 9.17) is 5.73 Å². The normalized spacial score (nSPS) is 13.6. The Labute approximate surface area is 148 Å². The number of aliphatic hydroxyl groups is 1. The minimum Gasteiger partial charge on any atom is -0.383 e. The minimum atomic E-state index is -5.10. The summed E-state index contributed by atoms with van der Waals surface area (Å²) in [4.78, 5) is 6.94. The van der Waals surface area contributed by atoms with E-state index in [-0.39, 0.29) is 23.4 Å². The summed E-state index contributed by atoms with van der Waals surface area (Å²) < 4.78 is 90.7. The highest BCUT2D eigenvalue weighted by Crippen LogP contribution is 2.37. The van der Waals surface area contributed by atoms with Crippen molar-refractivity contribution in [3.05, 3.63) is 36.4 Å². The monoisotopic (exact) mass is 398 g/mol. The largest absolute Gasteiger partial charge is 0.421 e. The van der Waals surface area contributed by atoms with Gasteiger partial charge in [0.15, 0.2) is 5.82 Å². The van der Waals surface area contributed by atoms with Crippen LogP contribution in [0.1, 0.15) is 23.9 Å². The molecule has 27 heavy (non-hydrogen) atoms. The van der Waals surface area contributed by atoms with Crippen molar-refractivity contribution in [2.75, 3.05) is 12.4 Å². The van der Waals surface area contributed by atoms with Crippen molar-refractivity contribution >= 4 is 11.5 Å². The van der Waals surface area contributed by atoms with Gasteiger partial charge in [-0.25, -0.2) is 9.97 Å². The lowest BCUT2D eigenvalue weighted by molar-refractivity contribution is -0.209. The smallest absolute Gasteiger partial charge is 0.383 e. The molecule has 0 aliphatic rings. The van der Waals surface area contributed by atoms with Gasteiger partial charge in [0.1, 0.15) is 5.82 Å². The van der Waals surface area contributed by atoms with E-state index in [0.29, 0.717) is 10.6 Å². The van der Waals surface area contributed by atoms with Crippen LogP contribution < -0.4 is 5.73 Å². The maximum atomic E-state index is 13.0. The zero-order valence-electron chi connectivity index (χ0n) is 13.4. The number of alkyl halides is 7. The van der Waals surface area contributed by atoms with Crippen LogP contribution in [0.3, 0.4) is 0 Å². The van der Waals surface area contributed by atoms with Crippen LogP contribution in [-0.4, -0.2) is 32.5 Å². The average molecular weight is 398 g/mol. The molecule has 0 saturated heterocycles. The molecule has 0 fully saturated rings. The molecular formula is C15H13F7N4O. The predicted octanol–water partition coefficient (Wildman–Crippen LogP) is 3.97. The molecule has 0 aliphatic heterocycles. The van der Waals surface area contributed by atoms with Gasteiger partial charge >= 0.3 is 12.4 Å². The number of nitrogens with two attached hydrogens (primary N) is 1. The zero-order chi connectivity index (χ0) is 20.6. The summed E-state index contributed by atoms with van der Waals surface area (Å²) in [6, 6.07) is 0.566. The first kappa shape index (κ1) is 20.7. The minimum absolute atomic E-state index is 0.172. The maximum absolute atomic E-state index is 13.0. The number of imidazole rings is 1. The predicted molar refractivity (Wildman–Crippen MR) is 81.8 cm³/mol. The Hall–Kier alpha value is -2.63. The molecule has 2 aromatic rings. The van der Waals surface area contributed by atoms with E-state index in [2.05, 4.69) is 16.5 Å². The molecule has 5 nitrogen and oxygen atoms in total. The van der Waals surface area contributed by atoms with Crippen LogP contribution in [0, 0.1) is 0 Å². The van der Waals surface area contributed by atoms with Crippen molar-refractivity contribution in [2.24, 2.45) is 0 Å². The number of hydrogen-bond donors (Lipinski definition) is 2. The number of allylic oxidation sites excluding steroid dienone is 1. The Bertz CT molecular complexity index is 842. The van der Waals surface area contributed by atoms with Gasteiger partial charge in [-0.15, -0.1) is 0 Å². The molecule has 2 rings (SSSR count). The van der Waals surface area contributed by atoms with Crippen molar-refractivity contribution in [3.63, 3.8) is 0 Å². The summed E-state index contributed by atoms with van der Waals surface area (Å²) in [7, 11) is 0. The number of anilines is 1. The summed E-state index contributed by atoms with van der Waals surface area (Å²) in [5.74, 6) is -1.77. The van der Waals surface area contributed by atoms with E-state index in [1.165, 1.54) is 0 Å². The quantitative estimate of drug-likeness (QED) is 0.748. The van der Waals surface area contributed by atoms with Gasteiger partial charge in [0, 0.05) is 30.1 Å². The Morgan fingerprint density at radius 2 is 1.89 bits per heavy atom. The molecule has 0 saturated carbocycles. The van der Waals surface area contributed by atoms with Gasteiger partial charge in [0.25, 0.3) is 0 Å². The second-order valence-corrected chi connectivity index (χ2v) is 5.46. The molecule has 2 heterocycles. The maximum Gasteiger partial charge on any atom is 0.421 e. The van der Waals surface area contributed by atoms with Crippen LogP contribution in [0.4, 0.5) is 36.6 Å². The SMILES string of the molecule is C=C(CCF)n1cc(-c2cnc(N)c(C(F)(F)F)c2)nc1[C@H](O)C(F)(F)F. The lowest BCUT2D eigenvalue weighted by atomic mass is 10.1. The third-order valence-corrected chi connectivity index (χ3v) is 3.53. The average Bonchev–Trinajstić information content (AvgIpc) is 2.98. The molecule has 0 radical (unpaired) electrons. The number of pyridine rings is 1. The van der Waals surface area contributed by atoms with Gasteiger partial charge in [-0.2, -0.15) is 26.3 Å². The number of aromatic nitrogens is 3. The van der Waals surface area contributed by atoms with Crippen molar-refractivity contribution in [2.45, 2.75) is 24.9 Å². The number of nitrogen functional groups attached to an aromatic ring is 1. The molecule has 2 aromatic heterocycles. The first-order valence-electron chi connectivity index (χ1n) is 7.27.